The standard InChI is InChI=1S/C19H23N5O2/c1-23(17-10-20-7-8-21-17)16-5-3-14-11-24(12-15(14)16)19(25)13-4-6-18(26-2)22-9-13/h4,6-10,14-16H,3,5,11-12H2,1-2H3/t14-,15+,16-/m1/s1. The van der Waals surface area contributed by atoms with E-state index in [2.05, 4.69) is 26.9 Å². The highest BCUT2D eigenvalue weighted by Gasteiger charge is 2.45. The third-order valence-corrected chi connectivity index (χ3v) is 5.71. The van der Waals surface area contributed by atoms with Crippen molar-refractivity contribution in [3.05, 3.63) is 42.5 Å². The van der Waals surface area contributed by atoms with Crippen LogP contribution in [0.25, 0.3) is 0 Å². The van der Waals surface area contributed by atoms with E-state index in [9.17, 15) is 4.79 Å². The summed E-state index contributed by atoms with van der Waals surface area (Å²) in [7, 11) is 3.65. The lowest BCUT2D eigenvalue weighted by Gasteiger charge is -2.30. The first-order valence-corrected chi connectivity index (χ1v) is 8.95. The Bertz CT molecular complexity index is 767. The number of hydrogen-bond donors (Lipinski definition) is 0. The number of pyridine rings is 1. The van der Waals surface area contributed by atoms with Crippen LogP contribution in [0.2, 0.25) is 0 Å². The van der Waals surface area contributed by atoms with Crippen molar-refractivity contribution in [2.45, 2.75) is 18.9 Å². The largest absolute Gasteiger partial charge is 0.481 e. The average molecular weight is 353 g/mol. The molecule has 3 heterocycles. The second kappa shape index (κ2) is 6.90. The van der Waals surface area contributed by atoms with Crippen LogP contribution in [-0.2, 0) is 0 Å². The van der Waals surface area contributed by atoms with E-state index in [4.69, 9.17) is 4.74 Å². The highest BCUT2D eigenvalue weighted by molar-refractivity contribution is 5.94. The normalized spacial score (nSPS) is 24.4. The molecule has 7 nitrogen and oxygen atoms in total. The van der Waals surface area contributed by atoms with E-state index < -0.39 is 0 Å². The Kier molecular flexibility index (Phi) is 4.44. The molecule has 7 heteroatoms. The third-order valence-electron chi connectivity index (χ3n) is 5.71. The number of fused-ring (bicyclic) bond motifs is 1. The summed E-state index contributed by atoms with van der Waals surface area (Å²) in [6.45, 7) is 1.60. The van der Waals surface area contributed by atoms with Gasteiger partial charge in [-0.2, -0.15) is 0 Å². The van der Waals surface area contributed by atoms with Crippen LogP contribution in [0, 0.1) is 11.8 Å². The van der Waals surface area contributed by atoms with Gasteiger partial charge in [0.15, 0.2) is 0 Å². The lowest BCUT2D eigenvalue weighted by atomic mass is 9.97. The zero-order chi connectivity index (χ0) is 18.1. The summed E-state index contributed by atoms with van der Waals surface area (Å²) in [6.07, 6.45) is 9.08. The molecular weight excluding hydrogens is 330 g/mol. The number of nitrogens with zero attached hydrogens (tertiary/aromatic N) is 5. The summed E-state index contributed by atoms with van der Waals surface area (Å²) < 4.78 is 5.06. The van der Waals surface area contributed by atoms with Crippen LogP contribution in [0.4, 0.5) is 5.82 Å². The number of amides is 1. The fourth-order valence-corrected chi connectivity index (χ4v) is 4.34. The molecule has 2 aromatic rings. The Morgan fingerprint density at radius 1 is 1.19 bits per heavy atom. The van der Waals surface area contributed by atoms with Gasteiger partial charge in [-0.25, -0.2) is 9.97 Å². The average Bonchev–Trinajstić information content (AvgIpc) is 3.28. The minimum absolute atomic E-state index is 0.0514. The first-order valence-electron chi connectivity index (χ1n) is 8.95. The predicted molar refractivity (Wildman–Crippen MR) is 97.1 cm³/mol. The van der Waals surface area contributed by atoms with Gasteiger partial charge in [-0.3, -0.25) is 9.78 Å². The van der Waals surface area contributed by atoms with E-state index in [0.717, 1.165) is 31.7 Å². The van der Waals surface area contributed by atoms with Gasteiger partial charge in [0.2, 0.25) is 5.88 Å². The van der Waals surface area contributed by atoms with Gasteiger partial charge < -0.3 is 14.5 Å². The fraction of sp³-hybridized carbons (Fsp3) is 0.474. The van der Waals surface area contributed by atoms with Crippen LogP contribution >= 0.6 is 0 Å². The molecule has 26 heavy (non-hydrogen) atoms. The second-order valence-electron chi connectivity index (χ2n) is 7.04. The number of hydrogen-bond acceptors (Lipinski definition) is 6. The molecule has 2 aromatic heterocycles. The van der Waals surface area contributed by atoms with Crippen molar-refractivity contribution in [3.63, 3.8) is 0 Å². The van der Waals surface area contributed by atoms with Gasteiger partial charge >= 0.3 is 0 Å². The van der Waals surface area contributed by atoms with Crippen molar-refractivity contribution in [1.29, 1.82) is 0 Å². The SMILES string of the molecule is COc1ccc(C(=O)N2C[C@H]3CC[C@@H](N(C)c4cnccn4)[C@H]3C2)cn1. The monoisotopic (exact) mass is 353 g/mol. The predicted octanol–water partition coefficient (Wildman–Crippen LogP) is 1.87. The Balaban J connectivity index is 1.46. The fourth-order valence-electron chi connectivity index (χ4n) is 4.34. The van der Waals surface area contributed by atoms with Crippen molar-refractivity contribution in [2.24, 2.45) is 11.8 Å². The van der Waals surface area contributed by atoms with Crippen molar-refractivity contribution >= 4 is 11.7 Å². The molecule has 0 aromatic carbocycles. The summed E-state index contributed by atoms with van der Waals surface area (Å²) in [4.78, 5) is 29.8. The van der Waals surface area contributed by atoms with Crippen molar-refractivity contribution < 1.29 is 9.53 Å². The molecular formula is C19H23N5O2. The minimum atomic E-state index is 0.0514. The maximum atomic E-state index is 12.8. The van der Waals surface area contributed by atoms with Gasteiger partial charge in [-0.15, -0.1) is 0 Å². The molecule has 1 aliphatic heterocycles. The number of aromatic nitrogens is 3. The maximum absolute atomic E-state index is 12.8. The van der Waals surface area contributed by atoms with Crippen molar-refractivity contribution in [2.75, 3.05) is 32.1 Å². The molecule has 2 fully saturated rings. The summed E-state index contributed by atoms with van der Waals surface area (Å²) in [5, 5.41) is 0. The Hall–Kier alpha value is -2.70. The summed E-state index contributed by atoms with van der Waals surface area (Å²) in [5.74, 6) is 2.48. The summed E-state index contributed by atoms with van der Waals surface area (Å²) in [5.41, 5.74) is 0.615. The topological polar surface area (TPSA) is 71.5 Å². The molecule has 1 saturated carbocycles. The Morgan fingerprint density at radius 2 is 2.08 bits per heavy atom. The lowest BCUT2D eigenvalue weighted by molar-refractivity contribution is 0.0779. The second-order valence-corrected chi connectivity index (χ2v) is 7.04. The Morgan fingerprint density at radius 3 is 2.77 bits per heavy atom. The molecule has 0 unspecified atom stereocenters. The van der Waals surface area contributed by atoms with E-state index >= 15 is 0 Å². The minimum Gasteiger partial charge on any atom is -0.481 e. The van der Waals surface area contributed by atoms with Crippen LogP contribution < -0.4 is 9.64 Å². The van der Waals surface area contributed by atoms with E-state index in [-0.39, 0.29) is 5.91 Å². The van der Waals surface area contributed by atoms with Gasteiger partial charge in [0.25, 0.3) is 5.91 Å². The molecule has 1 saturated heterocycles. The zero-order valence-electron chi connectivity index (χ0n) is 15.1. The van der Waals surface area contributed by atoms with E-state index in [1.807, 2.05) is 4.90 Å². The molecule has 2 aliphatic rings. The lowest BCUT2D eigenvalue weighted by Crippen LogP contribution is -2.39. The molecule has 0 bridgehead atoms. The smallest absolute Gasteiger partial charge is 0.255 e. The molecule has 0 radical (unpaired) electrons. The highest BCUT2D eigenvalue weighted by atomic mass is 16.5. The molecule has 4 rings (SSSR count). The highest BCUT2D eigenvalue weighted by Crippen LogP contribution is 2.41. The first kappa shape index (κ1) is 16.8. The van der Waals surface area contributed by atoms with Crippen LogP contribution in [0.3, 0.4) is 0 Å². The molecule has 0 N–H and O–H groups in total. The zero-order valence-corrected chi connectivity index (χ0v) is 15.1. The van der Waals surface area contributed by atoms with Crippen molar-refractivity contribution in [3.8, 4) is 5.88 Å². The molecule has 0 spiro atoms. The number of carbonyl (C=O) groups is 1. The summed E-state index contributed by atoms with van der Waals surface area (Å²) >= 11 is 0. The molecule has 1 amide bonds. The van der Waals surface area contributed by atoms with E-state index in [0.29, 0.717) is 29.3 Å². The number of methoxy groups -OCH3 is 1. The molecule has 1 aliphatic carbocycles. The quantitative estimate of drug-likeness (QED) is 0.836. The van der Waals surface area contributed by atoms with Crippen LogP contribution in [0.5, 0.6) is 5.88 Å². The van der Waals surface area contributed by atoms with Crippen LogP contribution in [0.1, 0.15) is 23.2 Å². The van der Waals surface area contributed by atoms with Crippen LogP contribution in [-0.4, -0.2) is 59.0 Å². The van der Waals surface area contributed by atoms with Gasteiger partial charge in [0.05, 0.1) is 18.9 Å². The number of anilines is 1. The molecule has 136 valence electrons. The number of rotatable bonds is 4. The first-order chi connectivity index (χ1) is 12.7. The van der Waals surface area contributed by atoms with Gasteiger partial charge in [-0.05, 0) is 24.8 Å². The summed E-state index contributed by atoms with van der Waals surface area (Å²) in [6, 6.07) is 3.91. The van der Waals surface area contributed by atoms with Crippen LogP contribution in [0.15, 0.2) is 36.9 Å². The number of carbonyl (C=O) groups excluding carboxylic acids is 1. The van der Waals surface area contributed by atoms with Gasteiger partial charge in [-0.1, -0.05) is 0 Å². The molecule has 3 atom stereocenters. The number of ether oxygens (including phenoxy) is 1. The van der Waals surface area contributed by atoms with Crippen molar-refractivity contribution in [1.82, 2.24) is 19.9 Å². The van der Waals surface area contributed by atoms with Gasteiger partial charge in [0.1, 0.15) is 5.82 Å². The number of likely N-dealkylation sites (tertiary alicyclic amines) is 1. The Labute approximate surface area is 153 Å². The third kappa shape index (κ3) is 2.98. The van der Waals surface area contributed by atoms with E-state index in [1.54, 1.807) is 44.0 Å². The maximum Gasteiger partial charge on any atom is 0.255 e. The van der Waals surface area contributed by atoms with E-state index in [1.165, 1.54) is 0 Å². The van der Waals surface area contributed by atoms with Gasteiger partial charge in [0, 0.05) is 56.8 Å².